The van der Waals surface area contributed by atoms with E-state index >= 15 is 0 Å². The largest absolute Gasteiger partial charge is 0.489 e. The van der Waals surface area contributed by atoms with Gasteiger partial charge in [0.15, 0.2) is 0 Å². The number of ether oxygens (including phenoxy) is 3. The first-order valence-corrected chi connectivity index (χ1v) is 10.3. The minimum Gasteiger partial charge on any atom is -0.489 e. The Kier molecular flexibility index (Phi) is 8.20. The maximum absolute atomic E-state index is 12.9. The molecule has 0 saturated heterocycles. The summed E-state index contributed by atoms with van der Waals surface area (Å²) in [6.07, 6.45) is 4.79. The highest BCUT2D eigenvalue weighted by Crippen LogP contribution is 2.50. The van der Waals surface area contributed by atoms with Gasteiger partial charge in [-0.3, -0.25) is 19.2 Å². The van der Waals surface area contributed by atoms with Gasteiger partial charge in [-0.15, -0.1) is 0 Å². The van der Waals surface area contributed by atoms with Gasteiger partial charge in [-0.25, -0.2) is 0 Å². The van der Waals surface area contributed by atoms with E-state index in [9.17, 15) is 19.2 Å². The van der Waals surface area contributed by atoms with Crippen molar-refractivity contribution in [3.05, 3.63) is 22.7 Å². The van der Waals surface area contributed by atoms with Crippen molar-refractivity contribution in [1.82, 2.24) is 0 Å². The molecule has 0 amide bonds. The number of carbonyl (C=O) groups is 4. The third kappa shape index (κ3) is 4.91. The molecule has 0 saturated carbocycles. The van der Waals surface area contributed by atoms with Gasteiger partial charge in [-0.05, 0) is 32.6 Å². The fourth-order valence-electron chi connectivity index (χ4n) is 4.22. The van der Waals surface area contributed by atoms with Gasteiger partial charge in [-0.2, -0.15) is 0 Å². The molecular weight excluding hydrogens is 392 g/mol. The Hall–Kier alpha value is -2.64. The number of hydrogen-bond acceptors (Lipinski definition) is 7. The van der Waals surface area contributed by atoms with Crippen LogP contribution in [0.2, 0.25) is 0 Å². The second kappa shape index (κ2) is 10.4. The summed E-state index contributed by atoms with van der Waals surface area (Å²) in [6, 6.07) is 0. The van der Waals surface area contributed by atoms with Crippen LogP contribution in [0.5, 0.6) is 0 Å². The lowest BCUT2D eigenvalue weighted by Gasteiger charge is -2.27. The highest BCUT2D eigenvalue weighted by Gasteiger charge is 2.52. The van der Waals surface area contributed by atoms with Crippen LogP contribution in [0.15, 0.2) is 22.7 Å². The van der Waals surface area contributed by atoms with Crippen molar-refractivity contribution < 1.29 is 38.5 Å². The first-order valence-electron chi connectivity index (χ1n) is 10.3. The topological polar surface area (TPSA) is 116 Å². The summed E-state index contributed by atoms with van der Waals surface area (Å²) in [5.74, 6) is -2.28. The van der Waals surface area contributed by atoms with Crippen molar-refractivity contribution in [3.8, 4) is 0 Å². The van der Waals surface area contributed by atoms with Crippen LogP contribution in [-0.4, -0.2) is 49.4 Å². The molecule has 0 fully saturated rings. The van der Waals surface area contributed by atoms with Crippen molar-refractivity contribution in [2.45, 2.75) is 64.7 Å². The molecule has 166 valence electrons. The van der Waals surface area contributed by atoms with Gasteiger partial charge in [0, 0.05) is 17.6 Å². The van der Waals surface area contributed by atoms with Gasteiger partial charge in [0.1, 0.15) is 0 Å². The number of unbranched alkanes of at least 4 members (excludes halogenated alkanes) is 4. The summed E-state index contributed by atoms with van der Waals surface area (Å²) in [5, 5.41) is 8.69. The Morgan fingerprint density at radius 1 is 0.900 bits per heavy atom. The highest BCUT2D eigenvalue weighted by atomic mass is 16.5. The van der Waals surface area contributed by atoms with Crippen molar-refractivity contribution >= 4 is 23.5 Å². The average Bonchev–Trinajstić information content (AvgIpc) is 3.11. The molecule has 0 aliphatic heterocycles. The Morgan fingerprint density at radius 2 is 1.40 bits per heavy atom. The molecule has 2 aliphatic rings. The minimum absolute atomic E-state index is 0.126. The van der Waals surface area contributed by atoms with E-state index in [0.717, 1.165) is 25.7 Å². The maximum atomic E-state index is 12.9. The lowest BCUT2D eigenvalue weighted by atomic mass is 9.78. The Morgan fingerprint density at radius 3 is 1.87 bits per heavy atom. The summed E-state index contributed by atoms with van der Waals surface area (Å²) >= 11 is 0. The first-order chi connectivity index (χ1) is 14.3. The molecule has 30 heavy (non-hydrogen) atoms. The number of aliphatic carboxylic acids is 1. The molecule has 0 heterocycles. The molecule has 0 bridgehead atoms. The number of hydrogen-bond donors (Lipinski definition) is 1. The van der Waals surface area contributed by atoms with Gasteiger partial charge in [0.2, 0.25) is 23.1 Å². The van der Waals surface area contributed by atoms with Crippen LogP contribution in [-0.2, 0) is 33.4 Å². The SMILES string of the molecule is CCOC(=O)C1(CCCCCCCC(=O)O)CC2=C(C1)C(=O)C(OC)=C(OC)C2=O. The molecule has 0 spiro atoms. The van der Waals surface area contributed by atoms with Crippen LogP contribution >= 0.6 is 0 Å². The Labute approximate surface area is 176 Å². The number of esters is 1. The zero-order valence-corrected chi connectivity index (χ0v) is 17.9. The molecule has 2 rings (SSSR count). The summed E-state index contributed by atoms with van der Waals surface area (Å²) in [5.41, 5.74) is -0.325. The van der Waals surface area contributed by atoms with Gasteiger partial charge in [0.05, 0.1) is 26.2 Å². The van der Waals surface area contributed by atoms with E-state index in [1.165, 1.54) is 14.2 Å². The summed E-state index contributed by atoms with van der Waals surface area (Å²) in [6.45, 7) is 1.94. The predicted octanol–water partition coefficient (Wildman–Crippen LogP) is 3.10. The number of rotatable bonds is 12. The third-order valence-corrected chi connectivity index (χ3v) is 5.72. The lowest BCUT2D eigenvalue weighted by molar-refractivity contribution is -0.155. The normalized spacial score (nSPS) is 17.8. The standard InChI is InChI=1S/C22H30O8/c1-4-30-21(27)22(11-9-7-5-6-8-10-16(23)24)12-14-15(13-22)18(26)20(29-3)19(28-2)17(14)25/h4-13H2,1-3H3,(H,23,24). The average molecular weight is 422 g/mol. The number of carbonyl (C=O) groups excluding carboxylic acids is 3. The molecule has 8 heteroatoms. The molecule has 0 aromatic rings. The Balaban J connectivity index is 2.09. The number of carboxylic acids is 1. The van der Waals surface area contributed by atoms with E-state index in [-0.39, 0.29) is 37.4 Å². The molecule has 0 unspecified atom stereocenters. The van der Waals surface area contributed by atoms with Crippen molar-refractivity contribution in [2.75, 3.05) is 20.8 Å². The van der Waals surface area contributed by atoms with Gasteiger partial charge >= 0.3 is 11.9 Å². The molecule has 0 aromatic heterocycles. The van der Waals surface area contributed by atoms with E-state index in [4.69, 9.17) is 19.3 Å². The molecule has 8 nitrogen and oxygen atoms in total. The summed E-state index contributed by atoms with van der Waals surface area (Å²) in [7, 11) is 2.62. The van der Waals surface area contributed by atoms with Crippen LogP contribution in [0, 0.1) is 5.41 Å². The number of allylic oxidation sites excluding steroid dienone is 2. The molecule has 2 aliphatic carbocycles. The van der Waals surface area contributed by atoms with Gasteiger partial charge < -0.3 is 19.3 Å². The molecule has 0 aromatic carbocycles. The van der Waals surface area contributed by atoms with E-state index in [0.29, 0.717) is 24.0 Å². The zero-order chi connectivity index (χ0) is 22.3. The fourth-order valence-corrected chi connectivity index (χ4v) is 4.22. The van der Waals surface area contributed by atoms with E-state index in [1.54, 1.807) is 6.92 Å². The van der Waals surface area contributed by atoms with Gasteiger partial charge in [-0.1, -0.05) is 25.7 Å². The second-order valence-electron chi connectivity index (χ2n) is 7.70. The third-order valence-electron chi connectivity index (χ3n) is 5.72. The highest BCUT2D eigenvalue weighted by molar-refractivity contribution is 6.24. The number of Topliss-reactive ketones (excluding diaryl/α,β-unsaturated/α-hetero) is 2. The van der Waals surface area contributed by atoms with Crippen molar-refractivity contribution in [2.24, 2.45) is 5.41 Å². The van der Waals surface area contributed by atoms with Crippen molar-refractivity contribution in [3.63, 3.8) is 0 Å². The van der Waals surface area contributed by atoms with Gasteiger partial charge in [0.25, 0.3) is 0 Å². The molecule has 0 atom stereocenters. The fraction of sp³-hybridized carbons (Fsp3) is 0.636. The van der Waals surface area contributed by atoms with E-state index in [1.807, 2.05) is 0 Å². The van der Waals surface area contributed by atoms with Crippen LogP contribution < -0.4 is 0 Å². The van der Waals surface area contributed by atoms with E-state index in [2.05, 4.69) is 0 Å². The number of ketones is 2. The lowest BCUT2D eigenvalue weighted by Crippen LogP contribution is -2.31. The number of methoxy groups -OCH3 is 2. The van der Waals surface area contributed by atoms with Crippen LogP contribution in [0.1, 0.15) is 64.7 Å². The van der Waals surface area contributed by atoms with Crippen LogP contribution in [0.3, 0.4) is 0 Å². The predicted molar refractivity (Wildman–Crippen MR) is 106 cm³/mol. The smallest absolute Gasteiger partial charge is 0.312 e. The maximum Gasteiger partial charge on any atom is 0.312 e. The van der Waals surface area contributed by atoms with Crippen molar-refractivity contribution in [1.29, 1.82) is 0 Å². The monoisotopic (exact) mass is 422 g/mol. The van der Waals surface area contributed by atoms with Crippen LogP contribution in [0.4, 0.5) is 0 Å². The minimum atomic E-state index is -0.949. The molecule has 0 radical (unpaired) electrons. The summed E-state index contributed by atoms with van der Waals surface area (Å²) in [4.78, 5) is 49.1. The molecule has 1 N–H and O–H groups in total. The van der Waals surface area contributed by atoms with Crippen LogP contribution in [0.25, 0.3) is 0 Å². The Bertz CT molecular complexity index is 736. The quantitative estimate of drug-likeness (QED) is 0.290. The first kappa shape index (κ1) is 23.6. The second-order valence-corrected chi connectivity index (χ2v) is 7.70. The number of carboxylic acid groups (broad SMARTS) is 1. The zero-order valence-electron chi connectivity index (χ0n) is 17.9. The summed E-state index contributed by atoms with van der Waals surface area (Å²) < 4.78 is 15.5. The molecular formula is C22H30O8. The van der Waals surface area contributed by atoms with E-state index < -0.39 is 28.9 Å².